The first-order valence-electron chi connectivity index (χ1n) is 6.33. The topological polar surface area (TPSA) is 41.1 Å². The number of anilines is 1. The molecule has 1 aliphatic rings. The molecule has 1 heterocycles. The quantitative estimate of drug-likeness (QED) is 0.880. The Bertz CT molecular complexity index is 428. The highest BCUT2D eigenvalue weighted by atomic mass is 32.2. The fraction of sp³-hybridized carbons (Fsp3) is 0.500. The standard InChI is InChI=1S/C14H20N2OS/c1-10-3-4-12(7-11(10)2)16-14(17)8-13-9-18-6-5-15-13/h3-4,7,13,15H,5-6,8-9H2,1-2H3,(H,16,17). The first kappa shape index (κ1) is 13.4. The van der Waals surface area contributed by atoms with Crippen LogP contribution in [0.5, 0.6) is 0 Å². The van der Waals surface area contributed by atoms with Crippen molar-refractivity contribution < 1.29 is 4.79 Å². The molecule has 98 valence electrons. The SMILES string of the molecule is Cc1ccc(NC(=O)CC2CSCCN2)cc1C. The molecule has 1 unspecified atom stereocenters. The van der Waals surface area contributed by atoms with Gasteiger partial charge >= 0.3 is 0 Å². The zero-order valence-electron chi connectivity index (χ0n) is 11.0. The van der Waals surface area contributed by atoms with Gasteiger partial charge in [0.25, 0.3) is 0 Å². The van der Waals surface area contributed by atoms with Crippen LogP contribution in [0.2, 0.25) is 0 Å². The summed E-state index contributed by atoms with van der Waals surface area (Å²) in [5.41, 5.74) is 3.35. The van der Waals surface area contributed by atoms with E-state index in [1.54, 1.807) is 0 Å². The lowest BCUT2D eigenvalue weighted by atomic mass is 10.1. The first-order chi connectivity index (χ1) is 8.65. The van der Waals surface area contributed by atoms with Crippen LogP contribution in [0, 0.1) is 13.8 Å². The van der Waals surface area contributed by atoms with E-state index in [0.29, 0.717) is 12.5 Å². The third-order valence-corrected chi connectivity index (χ3v) is 4.35. The van der Waals surface area contributed by atoms with E-state index >= 15 is 0 Å². The minimum Gasteiger partial charge on any atom is -0.326 e. The van der Waals surface area contributed by atoms with E-state index in [2.05, 4.69) is 24.5 Å². The van der Waals surface area contributed by atoms with Gasteiger partial charge in [-0.05, 0) is 37.1 Å². The summed E-state index contributed by atoms with van der Waals surface area (Å²) in [6.07, 6.45) is 0.555. The number of nitrogens with one attached hydrogen (secondary N) is 2. The minimum absolute atomic E-state index is 0.0956. The Labute approximate surface area is 113 Å². The van der Waals surface area contributed by atoms with Crippen molar-refractivity contribution in [3.63, 3.8) is 0 Å². The van der Waals surface area contributed by atoms with Crippen LogP contribution < -0.4 is 10.6 Å². The minimum atomic E-state index is 0.0956. The average molecular weight is 264 g/mol. The molecule has 0 spiro atoms. The molecule has 2 N–H and O–H groups in total. The van der Waals surface area contributed by atoms with Crippen molar-refractivity contribution in [2.45, 2.75) is 26.3 Å². The number of rotatable bonds is 3. The molecule has 4 heteroatoms. The molecule has 0 radical (unpaired) electrons. The highest BCUT2D eigenvalue weighted by Gasteiger charge is 2.16. The molecular formula is C14H20N2OS. The normalized spacial score (nSPS) is 19.6. The lowest BCUT2D eigenvalue weighted by Crippen LogP contribution is -2.39. The van der Waals surface area contributed by atoms with Gasteiger partial charge in [-0.25, -0.2) is 0 Å². The Morgan fingerprint density at radius 3 is 2.94 bits per heavy atom. The number of hydrogen-bond acceptors (Lipinski definition) is 3. The van der Waals surface area contributed by atoms with Gasteiger partial charge in [-0.3, -0.25) is 4.79 Å². The van der Waals surface area contributed by atoms with E-state index in [4.69, 9.17) is 0 Å². The second-order valence-electron chi connectivity index (χ2n) is 4.78. The van der Waals surface area contributed by atoms with Gasteiger partial charge in [-0.1, -0.05) is 6.07 Å². The zero-order valence-corrected chi connectivity index (χ0v) is 11.8. The maximum Gasteiger partial charge on any atom is 0.225 e. The van der Waals surface area contributed by atoms with Gasteiger partial charge in [0.15, 0.2) is 0 Å². The molecule has 1 aliphatic heterocycles. The molecule has 2 rings (SSSR count). The van der Waals surface area contributed by atoms with Crippen LogP contribution in [0.4, 0.5) is 5.69 Å². The van der Waals surface area contributed by atoms with E-state index in [9.17, 15) is 4.79 Å². The summed E-state index contributed by atoms with van der Waals surface area (Å²) < 4.78 is 0. The van der Waals surface area contributed by atoms with Crippen molar-refractivity contribution >= 4 is 23.4 Å². The van der Waals surface area contributed by atoms with E-state index in [1.165, 1.54) is 11.1 Å². The van der Waals surface area contributed by atoms with Crippen LogP contribution in [0.3, 0.4) is 0 Å². The van der Waals surface area contributed by atoms with Gasteiger partial charge in [-0.15, -0.1) is 0 Å². The Morgan fingerprint density at radius 2 is 2.28 bits per heavy atom. The molecule has 1 aromatic rings. The maximum absolute atomic E-state index is 11.9. The van der Waals surface area contributed by atoms with E-state index in [0.717, 1.165) is 23.7 Å². The van der Waals surface area contributed by atoms with Crippen molar-refractivity contribution in [1.29, 1.82) is 0 Å². The number of hydrogen-bond donors (Lipinski definition) is 2. The summed E-state index contributed by atoms with van der Waals surface area (Å²) in [5, 5.41) is 6.34. The third-order valence-electron chi connectivity index (χ3n) is 3.22. The van der Waals surface area contributed by atoms with Crippen LogP contribution in [-0.2, 0) is 4.79 Å². The van der Waals surface area contributed by atoms with Gasteiger partial charge in [0, 0.05) is 36.2 Å². The molecule has 18 heavy (non-hydrogen) atoms. The lowest BCUT2D eigenvalue weighted by Gasteiger charge is -2.22. The van der Waals surface area contributed by atoms with E-state index < -0.39 is 0 Å². The fourth-order valence-electron chi connectivity index (χ4n) is 2.01. The van der Waals surface area contributed by atoms with Crippen molar-refractivity contribution in [2.75, 3.05) is 23.4 Å². The summed E-state index contributed by atoms with van der Waals surface area (Å²) in [5.74, 6) is 2.27. The maximum atomic E-state index is 11.9. The molecule has 0 aromatic heterocycles. The second-order valence-corrected chi connectivity index (χ2v) is 5.93. The summed E-state index contributed by atoms with van der Waals surface area (Å²) in [7, 11) is 0. The van der Waals surface area contributed by atoms with Crippen molar-refractivity contribution in [2.24, 2.45) is 0 Å². The Morgan fingerprint density at radius 1 is 1.44 bits per heavy atom. The molecular weight excluding hydrogens is 244 g/mol. The van der Waals surface area contributed by atoms with Gasteiger partial charge in [0.05, 0.1) is 0 Å². The Balaban J connectivity index is 1.88. The smallest absolute Gasteiger partial charge is 0.225 e. The number of benzene rings is 1. The number of carbonyl (C=O) groups excluding carboxylic acids is 1. The number of carbonyl (C=O) groups is 1. The molecule has 1 saturated heterocycles. The molecule has 3 nitrogen and oxygen atoms in total. The molecule has 0 bridgehead atoms. The van der Waals surface area contributed by atoms with Crippen molar-refractivity contribution in [1.82, 2.24) is 5.32 Å². The van der Waals surface area contributed by atoms with E-state index in [1.807, 2.05) is 30.0 Å². The monoisotopic (exact) mass is 264 g/mol. The van der Waals surface area contributed by atoms with Crippen LogP contribution in [0.1, 0.15) is 17.5 Å². The van der Waals surface area contributed by atoms with Crippen molar-refractivity contribution in [3.8, 4) is 0 Å². The predicted molar refractivity (Wildman–Crippen MR) is 78.3 cm³/mol. The van der Waals surface area contributed by atoms with Gasteiger partial charge in [0.2, 0.25) is 5.91 Å². The Kier molecular flexibility index (Phi) is 4.66. The van der Waals surface area contributed by atoms with Crippen molar-refractivity contribution in [3.05, 3.63) is 29.3 Å². The molecule has 1 amide bonds. The largest absolute Gasteiger partial charge is 0.326 e. The zero-order chi connectivity index (χ0) is 13.0. The van der Waals surface area contributed by atoms with Crippen LogP contribution in [0.25, 0.3) is 0 Å². The second kappa shape index (κ2) is 6.25. The number of thioether (sulfide) groups is 1. The average Bonchev–Trinajstić information content (AvgIpc) is 2.35. The third kappa shape index (κ3) is 3.75. The molecule has 1 fully saturated rings. The van der Waals surface area contributed by atoms with Gasteiger partial charge in [-0.2, -0.15) is 11.8 Å². The molecule has 0 saturated carbocycles. The fourth-order valence-corrected chi connectivity index (χ4v) is 2.95. The van der Waals surface area contributed by atoms with E-state index in [-0.39, 0.29) is 5.91 Å². The summed E-state index contributed by atoms with van der Waals surface area (Å²) in [4.78, 5) is 11.9. The molecule has 1 aromatic carbocycles. The van der Waals surface area contributed by atoms with Gasteiger partial charge < -0.3 is 10.6 Å². The summed E-state index contributed by atoms with van der Waals surface area (Å²) in [6, 6.07) is 6.34. The number of amides is 1. The van der Waals surface area contributed by atoms with Gasteiger partial charge in [0.1, 0.15) is 0 Å². The lowest BCUT2D eigenvalue weighted by molar-refractivity contribution is -0.116. The molecule has 0 aliphatic carbocycles. The summed E-state index contributed by atoms with van der Waals surface area (Å²) in [6.45, 7) is 5.14. The Hall–Kier alpha value is -1.00. The summed E-state index contributed by atoms with van der Waals surface area (Å²) >= 11 is 1.91. The van der Waals surface area contributed by atoms with Crippen LogP contribution in [0.15, 0.2) is 18.2 Å². The molecule has 1 atom stereocenters. The highest BCUT2D eigenvalue weighted by Crippen LogP contribution is 2.15. The first-order valence-corrected chi connectivity index (χ1v) is 7.49. The predicted octanol–water partition coefficient (Wildman–Crippen LogP) is 2.34. The van der Waals surface area contributed by atoms with Crippen LogP contribution >= 0.6 is 11.8 Å². The van der Waals surface area contributed by atoms with Crippen LogP contribution in [-0.4, -0.2) is 30.0 Å². The highest BCUT2D eigenvalue weighted by molar-refractivity contribution is 7.99. The number of aryl methyl sites for hydroxylation is 2.